The number of benzene rings is 2. The van der Waals surface area contributed by atoms with Gasteiger partial charge in [-0.2, -0.15) is 0 Å². The van der Waals surface area contributed by atoms with E-state index >= 15 is 0 Å². The highest BCUT2D eigenvalue weighted by atomic mass is 79.9. The first-order valence-electron chi connectivity index (χ1n) is 10.6. The van der Waals surface area contributed by atoms with Crippen LogP contribution >= 0.6 is 27.5 Å². The molecule has 168 valence electrons. The minimum atomic E-state index is -0.555. The molecule has 0 heterocycles. The van der Waals surface area contributed by atoms with E-state index in [1.165, 1.54) is 0 Å². The molecule has 0 aliphatic carbocycles. The van der Waals surface area contributed by atoms with Crippen molar-refractivity contribution < 1.29 is 14.3 Å². The van der Waals surface area contributed by atoms with Gasteiger partial charge in [-0.15, -0.1) is 0 Å². The molecule has 5 nitrogen and oxygen atoms in total. The Morgan fingerprint density at radius 3 is 2.58 bits per heavy atom. The van der Waals surface area contributed by atoms with E-state index in [9.17, 15) is 9.59 Å². The smallest absolute Gasteiger partial charge is 0.242 e. The van der Waals surface area contributed by atoms with E-state index in [4.69, 9.17) is 16.3 Å². The van der Waals surface area contributed by atoms with Gasteiger partial charge in [-0.1, -0.05) is 53.0 Å². The predicted molar refractivity (Wildman–Crippen MR) is 128 cm³/mol. The van der Waals surface area contributed by atoms with E-state index in [2.05, 4.69) is 28.2 Å². The summed E-state index contributed by atoms with van der Waals surface area (Å²) in [5.74, 6) is 0.513. The second-order valence-electron chi connectivity index (χ2n) is 7.38. The lowest BCUT2D eigenvalue weighted by molar-refractivity contribution is -0.140. The lowest BCUT2D eigenvalue weighted by Crippen LogP contribution is -2.47. The summed E-state index contributed by atoms with van der Waals surface area (Å²) in [7, 11) is 0. The average molecular weight is 510 g/mol. The molecule has 0 aliphatic heterocycles. The summed E-state index contributed by atoms with van der Waals surface area (Å²) in [5.41, 5.74) is 0.966. The summed E-state index contributed by atoms with van der Waals surface area (Å²) in [6.07, 6.45) is 2.78. The van der Waals surface area contributed by atoms with Gasteiger partial charge >= 0.3 is 0 Å². The molecule has 2 amide bonds. The zero-order chi connectivity index (χ0) is 22.6. The Bertz CT molecular complexity index is 845. The van der Waals surface area contributed by atoms with Crippen molar-refractivity contribution in [3.63, 3.8) is 0 Å². The number of nitrogens with one attached hydrogen (secondary N) is 1. The third kappa shape index (κ3) is 8.91. The SMILES string of the molecule is CCCCNC(=O)[C@H](C)N(Cc1cccc(Br)c1)C(=O)CCCOc1ccc(Cl)cc1. The number of hydrogen-bond acceptors (Lipinski definition) is 3. The fourth-order valence-corrected chi connectivity index (χ4v) is 3.61. The maximum Gasteiger partial charge on any atom is 0.242 e. The number of halogens is 2. The van der Waals surface area contributed by atoms with E-state index in [0.29, 0.717) is 43.3 Å². The van der Waals surface area contributed by atoms with Crippen LogP contribution in [0.3, 0.4) is 0 Å². The summed E-state index contributed by atoms with van der Waals surface area (Å²) in [6.45, 7) is 5.26. The first-order valence-corrected chi connectivity index (χ1v) is 11.8. The van der Waals surface area contributed by atoms with Gasteiger partial charge in [-0.25, -0.2) is 0 Å². The first kappa shape index (κ1) is 25.2. The molecule has 0 saturated carbocycles. The van der Waals surface area contributed by atoms with Crippen LogP contribution in [0.5, 0.6) is 5.75 Å². The van der Waals surface area contributed by atoms with Gasteiger partial charge < -0.3 is 15.0 Å². The number of hydrogen-bond donors (Lipinski definition) is 1. The number of amides is 2. The summed E-state index contributed by atoms with van der Waals surface area (Å²) in [6, 6.07) is 14.3. The third-order valence-electron chi connectivity index (χ3n) is 4.86. The molecular formula is C24H30BrClN2O3. The lowest BCUT2D eigenvalue weighted by atomic mass is 10.1. The Kier molecular flexibility index (Phi) is 10.9. The van der Waals surface area contributed by atoms with E-state index in [1.54, 1.807) is 36.1 Å². The van der Waals surface area contributed by atoms with Crippen molar-refractivity contribution in [1.29, 1.82) is 0 Å². The van der Waals surface area contributed by atoms with Crippen LogP contribution in [0.25, 0.3) is 0 Å². The van der Waals surface area contributed by atoms with Gasteiger partial charge in [-0.3, -0.25) is 9.59 Å². The van der Waals surface area contributed by atoms with E-state index < -0.39 is 6.04 Å². The van der Waals surface area contributed by atoms with Gasteiger partial charge in [0.25, 0.3) is 0 Å². The molecular weight excluding hydrogens is 480 g/mol. The minimum Gasteiger partial charge on any atom is -0.494 e. The van der Waals surface area contributed by atoms with Crippen molar-refractivity contribution in [3.05, 3.63) is 63.6 Å². The molecule has 0 saturated heterocycles. The average Bonchev–Trinajstić information content (AvgIpc) is 2.76. The molecule has 0 radical (unpaired) electrons. The molecule has 31 heavy (non-hydrogen) atoms. The number of rotatable bonds is 12. The zero-order valence-electron chi connectivity index (χ0n) is 18.1. The molecule has 0 spiro atoms. The Morgan fingerprint density at radius 1 is 1.16 bits per heavy atom. The van der Waals surface area contributed by atoms with E-state index in [0.717, 1.165) is 22.9 Å². The summed E-state index contributed by atoms with van der Waals surface area (Å²) < 4.78 is 6.62. The van der Waals surface area contributed by atoms with Gasteiger partial charge in [0.05, 0.1) is 6.61 Å². The molecule has 0 aromatic heterocycles. The largest absolute Gasteiger partial charge is 0.494 e. The van der Waals surface area contributed by atoms with Crippen molar-refractivity contribution in [2.75, 3.05) is 13.2 Å². The third-order valence-corrected chi connectivity index (χ3v) is 5.60. The zero-order valence-corrected chi connectivity index (χ0v) is 20.4. The van der Waals surface area contributed by atoms with Gasteiger partial charge in [0, 0.05) is 29.0 Å². The van der Waals surface area contributed by atoms with Crippen molar-refractivity contribution in [2.24, 2.45) is 0 Å². The molecule has 0 unspecified atom stereocenters. The quantitative estimate of drug-likeness (QED) is 0.379. The summed E-state index contributed by atoms with van der Waals surface area (Å²) >= 11 is 9.35. The van der Waals surface area contributed by atoms with Crippen LogP contribution in [-0.4, -0.2) is 35.9 Å². The molecule has 1 N–H and O–H groups in total. The highest BCUT2D eigenvalue weighted by molar-refractivity contribution is 9.10. The van der Waals surface area contributed by atoms with Gasteiger partial charge in [-0.05, 0) is 61.7 Å². The highest BCUT2D eigenvalue weighted by Gasteiger charge is 2.25. The highest BCUT2D eigenvalue weighted by Crippen LogP contribution is 2.18. The summed E-state index contributed by atoms with van der Waals surface area (Å²) in [4.78, 5) is 27.3. The summed E-state index contributed by atoms with van der Waals surface area (Å²) in [5, 5.41) is 3.58. The fraction of sp³-hybridized carbons (Fsp3) is 0.417. The maximum atomic E-state index is 13.0. The molecule has 7 heteroatoms. The Balaban J connectivity index is 1.97. The van der Waals surface area contributed by atoms with Crippen LogP contribution in [0.15, 0.2) is 53.0 Å². The lowest BCUT2D eigenvalue weighted by Gasteiger charge is -2.29. The predicted octanol–water partition coefficient (Wildman–Crippen LogP) is 5.60. The van der Waals surface area contributed by atoms with Gasteiger partial charge in [0.2, 0.25) is 11.8 Å². The van der Waals surface area contributed by atoms with Crippen LogP contribution in [0, 0.1) is 0 Å². The molecule has 2 aromatic carbocycles. The molecule has 1 atom stereocenters. The number of nitrogens with zero attached hydrogens (tertiary/aromatic N) is 1. The monoisotopic (exact) mass is 508 g/mol. The Labute approximate surface area is 198 Å². The van der Waals surface area contributed by atoms with E-state index in [-0.39, 0.29) is 11.8 Å². The van der Waals surface area contributed by atoms with Crippen LogP contribution in [0.2, 0.25) is 5.02 Å². The molecule has 2 aromatic rings. The second kappa shape index (κ2) is 13.4. The van der Waals surface area contributed by atoms with Crippen LogP contribution in [0.1, 0.15) is 45.1 Å². The van der Waals surface area contributed by atoms with Crippen molar-refractivity contribution >= 4 is 39.3 Å². The second-order valence-corrected chi connectivity index (χ2v) is 8.73. The number of ether oxygens (including phenoxy) is 1. The van der Waals surface area contributed by atoms with Gasteiger partial charge in [0.1, 0.15) is 11.8 Å². The van der Waals surface area contributed by atoms with Crippen LogP contribution < -0.4 is 10.1 Å². The first-order chi connectivity index (χ1) is 14.9. The van der Waals surface area contributed by atoms with Crippen molar-refractivity contribution in [2.45, 2.75) is 52.1 Å². The van der Waals surface area contributed by atoms with Crippen LogP contribution in [-0.2, 0) is 16.1 Å². The Morgan fingerprint density at radius 2 is 1.90 bits per heavy atom. The maximum absolute atomic E-state index is 13.0. The van der Waals surface area contributed by atoms with Crippen LogP contribution in [0.4, 0.5) is 0 Å². The minimum absolute atomic E-state index is 0.0715. The van der Waals surface area contributed by atoms with Crippen molar-refractivity contribution in [3.8, 4) is 5.75 Å². The fourth-order valence-electron chi connectivity index (χ4n) is 3.04. The van der Waals surface area contributed by atoms with Crippen molar-refractivity contribution in [1.82, 2.24) is 10.2 Å². The Hall–Kier alpha value is -2.05. The van der Waals surface area contributed by atoms with E-state index in [1.807, 2.05) is 24.3 Å². The number of carbonyl (C=O) groups excluding carboxylic acids is 2. The number of carbonyl (C=O) groups is 2. The molecule has 0 fully saturated rings. The van der Waals surface area contributed by atoms with Gasteiger partial charge in [0.15, 0.2) is 0 Å². The normalized spacial score (nSPS) is 11.6. The molecule has 2 rings (SSSR count). The molecule has 0 bridgehead atoms. The standard InChI is InChI=1S/C24H30BrClN2O3/c1-3-4-14-27-24(30)18(2)28(17-19-7-5-8-20(25)16-19)23(29)9-6-15-31-22-12-10-21(26)11-13-22/h5,7-8,10-13,16,18H,3-4,6,9,14-15,17H2,1-2H3,(H,27,30)/t18-/m0/s1. The topological polar surface area (TPSA) is 58.6 Å². The molecule has 0 aliphatic rings. The number of unbranched alkanes of at least 4 members (excludes halogenated alkanes) is 1.